The van der Waals surface area contributed by atoms with Gasteiger partial charge in [0, 0.05) is 16.4 Å². The van der Waals surface area contributed by atoms with Gasteiger partial charge in [0.25, 0.3) is 5.91 Å². The molecule has 0 fully saturated rings. The van der Waals surface area contributed by atoms with E-state index in [1.807, 2.05) is 31.2 Å². The number of urea groups is 1. The molecule has 1 atom stereocenters. The topological polar surface area (TPSA) is 70.2 Å². The van der Waals surface area contributed by atoms with Crippen molar-refractivity contribution in [2.45, 2.75) is 19.9 Å². The van der Waals surface area contributed by atoms with Gasteiger partial charge >= 0.3 is 6.03 Å². The molecule has 2 aromatic carbocycles. The van der Waals surface area contributed by atoms with E-state index in [0.717, 1.165) is 16.8 Å². The summed E-state index contributed by atoms with van der Waals surface area (Å²) in [6.07, 6.45) is 0. The van der Waals surface area contributed by atoms with Gasteiger partial charge in [0.05, 0.1) is 11.6 Å². The van der Waals surface area contributed by atoms with Crippen LogP contribution in [0.25, 0.3) is 0 Å². The average molecular weight is 356 g/mol. The van der Waals surface area contributed by atoms with Gasteiger partial charge in [-0.15, -0.1) is 0 Å². The second kappa shape index (κ2) is 6.99. The van der Waals surface area contributed by atoms with Crippen molar-refractivity contribution >= 4 is 29.2 Å². The summed E-state index contributed by atoms with van der Waals surface area (Å²) in [6, 6.07) is 13.7. The second-order valence-electron chi connectivity index (χ2n) is 5.89. The maximum atomic E-state index is 12.9. The number of hydrogen-bond donors (Lipinski definition) is 3. The molecular formula is C19H18ClN3O2. The summed E-state index contributed by atoms with van der Waals surface area (Å²) in [5.41, 5.74) is 3.47. The van der Waals surface area contributed by atoms with E-state index in [2.05, 4.69) is 16.0 Å². The van der Waals surface area contributed by atoms with E-state index >= 15 is 0 Å². The molecule has 2 aromatic rings. The predicted molar refractivity (Wildman–Crippen MR) is 98.4 cm³/mol. The molecule has 0 spiro atoms. The lowest BCUT2D eigenvalue weighted by atomic mass is 9.95. The van der Waals surface area contributed by atoms with E-state index in [9.17, 15) is 9.59 Å². The number of amides is 3. The summed E-state index contributed by atoms with van der Waals surface area (Å²) in [7, 11) is 0. The van der Waals surface area contributed by atoms with Gasteiger partial charge in [0.2, 0.25) is 0 Å². The van der Waals surface area contributed by atoms with E-state index in [1.54, 1.807) is 31.2 Å². The highest BCUT2D eigenvalue weighted by Gasteiger charge is 2.31. The normalized spacial score (nSPS) is 16.9. The Bertz CT molecular complexity index is 859. The van der Waals surface area contributed by atoms with Gasteiger partial charge < -0.3 is 16.0 Å². The highest BCUT2D eigenvalue weighted by molar-refractivity contribution is 6.30. The zero-order valence-corrected chi connectivity index (χ0v) is 14.6. The van der Waals surface area contributed by atoms with E-state index in [1.165, 1.54) is 0 Å². The number of benzene rings is 2. The summed E-state index contributed by atoms with van der Waals surface area (Å²) in [5, 5.41) is 8.98. The molecule has 1 aliphatic heterocycles. The SMILES string of the molecule is CC1=C(C(=O)Nc2ccccc2C)[C@H](c2ccc(Cl)cc2)NC(=O)N1. The maximum absolute atomic E-state index is 12.9. The summed E-state index contributed by atoms with van der Waals surface area (Å²) in [5.74, 6) is -0.265. The third-order valence-corrected chi connectivity index (χ3v) is 4.36. The number of anilines is 1. The Balaban J connectivity index is 1.96. The Hall–Kier alpha value is -2.79. The Morgan fingerprint density at radius 2 is 1.76 bits per heavy atom. The minimum atomic E-state index is -0.546. The molecule has 3 N–H and O–H groups in total. The van der Waals surface area contributed by atoms with E-state index in [-0.39, 0.29) is 11.9 Å². The molecular weight excluding hydrogens is 338 g/mol. The zero-order valence-electron chi connectivity index (χ0n) is 13.9. The van der Waals surface area contributed by atoms with Crippen molar-refractivity contribution < 1.29 is 9.59 Å². The van der Waals surface area contributed by atoms with Crippen molar-refractivity contribution in [3.63, 3.8) is 0 Å². The van der Waals surface area contributed by atoms with Crippen LogP contribution in [0.3, 0.4) is 0 Å². The number of halogens is 1. The highest BCUT2D eigenvalue weighted by Crippen LogP contribution is 2.29. The van der Waals surface area contributed by atoms with Gasteiger partial charge in [-0.1, -0.05) is 41.9 Å². The molecule has 0 bridgehead atoms. The van der Waals surface area contributed by atoms with Crippen LogP contribution in [0.2, 0.25) is 5.02 Å². The van der Waals surface area contributed by atoms with Gasteiger partial charge in [-0.3, -0.25) is 4.79 Å². The molecule has 3 amide bonds. The van der Waals surface area contributed by atoms with Crippen LogP contribution in [-0.2, 0) is 4.79 Å². The molecule has 0 saturated carbocycles. The molecule has 0 radical (unpaired) electrons. The molecule has 0 aliphatic carbocycles. The summed E-state index contributed by atoms with van der Waals surface area (Å²) < 4.78 is 0. The predicted octanol–water partition coefficient (Wildman–Crippen LogP) is 3.92. The Kier molecular flexibility index (Phi) is 4.76. The Morgan fingerprint density at radius 1 is 1.08 bits per heavy atom. The molecule has 128 valence electrons. The lowest BCUT2D eigenvalue weighted by Gasteiger charge is -2.28. The van der Waals surface area contributed by atoms with Crippen molar-refractivity contribution in [2.24, 2.45) is 0 Å². The Morgan fingerprint density at radius 3 is 2.44 bits per heavy atom. The smallest absolute Gasteiger partial charge is 0.319 e. The first-order chi connectivity index (χ1) is 12.0. The third kappa shape index (κ3) is 3.67. The van der Waals surface area contributed by atoms with E-state index in [0.29, 0.717) is 16.3 Å². The van der Waals surface area contributed by atoms with Gasteiger partial charge in [0.1, 0.15) is 0 Å². The number of aryl methyl sites for hydroxylation is 1. The third-order valence-electron chi connectivity index (χ3n) is 4.11. The molecule has 6 heteroatoms. The maximum Gasteiger partial charge on any atom is 0.319 e. The summed E-state index contributed by atoms with van der Waals surface area (Å²) in [4.78, 5) is 24.8. The van der Waals surface area contributed by atoms with Crippen molar-refractivity contribution in [1.29, 1.82) is 0 Å². The van der Waals surface area contributed by atoms with Crippen LogP contribution in [0.15, 0.2) is 59.8 Å². The van der Waals surface area contributed by atoms with Crippen LogP contribution in [0.1, 0.15) is 24.1 Å². The van der Waals surface area contributed by atoms with Crippen LogP contribution in [0.5, 0.6) is 0 Å². The number of allylic oxidation sites excluding steroid dienone is 1. The summed E-state index contributed by atoms with van der Waals surface area (Å²) >= 11 is 5.94. The fraction of sp³-hybridized carbons (Fsp3) is 0.158. The first-order valence-electron chi connectivity index (χ1n) is 7.86. The zero-order chi connectivity index (χ0) is 18.0. The average Bonchev–Trinajstić information content (AvgIpc) is 2.57. The van der Waals surface area contributed by atoms with Crippen LogP contribution in [0, 0.1) is 6.92 Å². The molecule has 1 heterocycles. The first kappa shape index (κ1) is 17.0. The van der Waals surface area contributed by atoms with Crippen LogP contribution in [0.4, 0.5) is 10.5 Å². The van der Waals surface area contributed by atoms with Crippen LogP contribution in [-0.4, -0.2) is 11.9 Å². The highest BCUT2D eigenvalue weighted by atomic mass is 35.5. The fourth-order valence-electron chi connectivity index (χ4n) is 2.80. The minimum Gasteiger partial charge on any atom is -0.327 e. The molecule has 1 aliphatic rings. The molecule has 0 aromatic heterocycles. The van der Waals surface area contributed by atoms with Crippen molar-refractivity contribution in [3.05, 3.63) is 76.0 Å². The van der Waals surface area contributed by atoms with Crippen LogP contribution >= 0.6 is 11.6 Å². The van der Waals surface area contributed by atoms with Gasteiger partial charge in [-0.2, -0.15) is 0 Å². The number of carbonyl (C=O) groups excluding carboxylic acids is 2. The lowest BCUT2D eigenvalue weighted by molar-refractivity contribution is -0.113. The molecule has 0 unspecified atom stereocenters. The second-order valence-corrected chi connectivity index (χ2v) is 6.33. The van der Waals surface area contributed by atoms with Crippen molar-refractivity contribution in [2.75, 3.05) is 5.32 Å². The number of para-hydroxylation sites is 1. The number of hydrogen-bond acceptors (Lipinski definition) is 2. The Labute approximate surface area is 151 Å². The number of nitrogens with one attached hydrogen (secondary N) is 3. The van der Waals surface area contributed by atoms with Crippen molar-refractivity contribution in [1.82, 2.24) is 10.6 Å². The van der Waals surface area contributed by atoms with Gasteiger partial charge in [-0.05, 0) is 43.2 Å². The van der Waals surface area contributed by atoms with Gasteiger partial charge in [-0.25, -0.2) is 4.79 Å². The number of carbonyl (C=O) groups is 2. The summed E-state index contributed by atoms with van der Waals surface area (Å²) in [6.45, 7) is 3.64. The fourth-order valence-corrected chi connectivity index (χ4v) is 2.93. The monoisotopic (exact) mass is 355 g/mol. The largest absolute Gasteiger partial charge is 0.327 e. The minimum absolute atomic E-state index is 0.265. The standard InChI is InChI=1S/C19H18ClN3O2/c1-11-5-3-4-6-15(11)22-18(24)16-12(2)21-19(25)23-17(16)13-7-9-14(20)10-8-13/h3-10,17H,1-2H3,(H,22,24)(H2,21,23,25)/t17-/m0/s1. The molecule has 25 heavy (non-hydrogen) atoms. The van der Waals surface area contributed by atoms with E-state index < -0.39 is 6.04 Å². The van der Waals surface area contributed by atoms with Gasteiger partial charge in [0.15, 0.2) is 0 Å². The van der Waals surface area contributed by atoms with Crippen LogP contribution < -0.4 is 16.0 Å². The molecule has 0 saturated heterocycles. The van der Waals surface area contributed by atoms with E-state index in [4.69, 9.17) is 11.6 Å². The lowest BCUT2D eigenvalue weighted by Crippen LogP contribution is -2.46. The quantitative estimate of drug-likeness (QED) is 0.781. The number of rotatable bonds is 3. The molecule has 5 nitrogen and oxygen atoms in total. The van der Waals surface area contributed by atoms with Crippen molar-refractivity contribution in [3.8, 4) is 0 Å². The molecule has 3 rings (SSSR count). The first-order valence-corrected chi connectivity index (χ1v) is 8.24.